The lowest BCUT2D eigenvalue weighted by Gasteiger charge is -2.09. The monoisotopic (exact) mass is 428 g/mol. The van der Waals surface area contributed by atoms with E-state index >= 15 is 0 Å². The predicted octanol–water partition coefficient (Wildman–Crippen LogP) is 4.49. The number of aromatic nitrogens is 1. The highest BCUT2D eigenvalue weighted by atomic mass is 35.5. The first-order valence-corrected chi connectivity index (χ1v) is 9.56. The number of aryl methyl sites for hydroxylation is 2. The van der Waals surface area contributed by atoms with Gasteiger partial charge in [0, 0.05) is 5.69 Å². The number of hydrogen-bond acceptors (Lipinski definition) is 6. The van der Waals surface area contributed by atoms with Crippen molar-refractivity contribution in [2.45, 2.75) is 26.9 Å². The molecule has 30 heavy (non-hydrogen) atoms. The molecule has 0 aliphatic carbocycles. The molecule has 0 bridgehead atoms. The molecule has 1 N–H and O–H groups in total. The second-order valence-electron chi connectivity index (χ2n) is 6.65. The maximum Gasteiger partial charge on any atom is 0.339 e. The summed E-state index contributed by atoms with van der Waals surface area (Å²) < 4.78 is 15.6. The lowest BCUT2D eigenvalue weighted by atomic mass is 10.1. The quantitative estimate of drug-likeness (QED) is 0.557. The number of carbonyl (C=O) groups is 2. The Morgan fingerprint density at radius 3 is 2.50 bits per heavy atom. The fourth-order valence-corrected chi connectivity index (χ4v) is 3.02. The number of esters is 1. The molecule has 0 saturated heterocycles. The highest BCUT2D eigenvalue weighted by Gasteiger charge is 2.13. The largest absolute Gasteiger partial charge is 0.489 e. The number of ether oxygens (including phenoxy) is 2. The number of rotatable bonds is 7. The normalized spacial score (nSPS) is 10.5. The molecule has 1 amide bonds. The molecular formula is C22H21ClN2O5. The van der Waals surface area contributed by atoms with Crippen molar-refractivity contribution in [1.82, 2.24) is 5.16 Å². The average Bonchev–Trinajstić information content (AvgIpc) is 3.05. The van der Waals surface area contributed by atoms with Gasteiger partial charge in [0.2, 0.25) is 5.91 Å². The van der Waals surface area contributed by atoms with E-state index in [1.165, 1.54) is 19.2 Å². The van der Waals surface area contributed by atoms with Crippen LogP contribution >= 0.6 is 11.6 Å². The summed E-state index contributed by atoms with van der Waals surface area (Å²) in [7, 11) is 1.27. The zero-order valence-corrected chi connectivity index (χ0v) is 17.6. The molecular weight excluding hydrogens is 408 g/mol. The number of nitrogens with zero attached hydrogens (tertiary/aromatic N) is 1. The van der Waals surface area contributed by atoms with Crippen LogP contribution in [0.15, 0.2) is 47.0 Å². The molecule has 156 valence electrons. The Morgan fingerprint density at radius 1 is 1.13 bits per heavy atom. The van der Waals surface area contributed by atoms with E-state index in [0.717, 1.165) is 22.6 Å². The summed E-state index contributed by atoms with van der Waals surface area (Å²) in [6, 6.07) is 11.9. The van der Waals surface area contributed by atoms with Crippen molar-refractivity contribution >= 4 is 29.2 Å². The lowest BCUT2D eigenvalue weighted by Crippen LogP contribution is -2.15. The summed E-state index contributed by atoms with van der Waals surface area (Å²) in [6.07, 6.45) is 0.167. The van der Waals surface area contributed by atoms with Crippen molar-refractivity contribution in [2.24, 2.45) is 0 Å². The van der Waals surface area contributed by atoms with Crippen LogP contribution < -0.4 is 10.1 Å². The van der Waals surface area contributed by atoms with Crippen LogP contribution in [0.2, 0.25) is 5.02 Å². The van der Waals surface area contributed by atoms with Crippen molar-refractivity contribution in [3.8, 4) is 5.75 Å². The van der Waals surface area contributed by atoms with E-state index < -0.39 is 5.97 Å². The lowest BCUT2D eigenvalue weighted by molar-refractivity contribution is -0.115. The first-order valence-electron chi connectivity index (χ1n) is 9.18. The fraction of sp³-hybridized carbons (Fsp3) is 0.227. The minimum absolute atomic E-state index is 0.167. The number of anilines is 1. The summed E-state index contributed by atoms with van der Waals surface area (Å²) in [5.41, 5.74) is 3.20. The van der Waals surface area contributed by atoms with Gasteiger partial charge < -0.3 is 19.3 Å². The van der Waals surface area contributed by atoms with Crippen molar-refractivity contribution in [2.75, 3.05) is 12.4 Å². The summed E-state index contributed by atoms with van der Waals surface area (Å²) in [4.78, 5) is 24.1. The predicted molar refractivity (Wildman–Crippen MR) is 112 cm³/mol. The highest BCUT2D eigenvalue weighted by molar-refractivity contribution is 6.33. The van der Waals surface area contributed by atoms with Crippen molar-refractivity contribution in [3.05, 3.63) is 75.6 Å². The van der Waals surface area contributed by atoms with Crippen LogP contribution in [0.5, 0.6) is 5.75 Å². The number of hydrogen-bond donors (Lipinski definition) is 1. The maximum atomic E-state index is 12.3. The smallest absolute Gasteiger partial charge is 0.339 e. The van der Waals surface area contributed by atoms with E-state index in [2.05, 4.69) is 15.2 Å². The molecule has 0 fully saturated rings. The van der Waals surface area contributed by atoms with Gasteiger partial charge in [0.1, 0.15) is 18.1 Å². The molecule has 0 saturated carbocycles. The second kappa shape index (κ2) is 9.45. The van der Waals surface area contributed by atoms with Gasteiger partial charge in [-0.15, -0.1) is 0 Å². The molecule has 0 unspecified atom stereocenters. The van der Waals surface area contributed by atoms with Crippen LogP contribution in [-0.4, -0.2) is 24.1 Å². The molecule has 0 aliphatic rings. The summed E-state index contributed by atoms with van der Waals surface area (Å²) in [6.45, 7) is 4.07. The third kappa shape index (κ3) is 5.18. The molecule has 8 heteroatoms. The third-order valence-corrected chi connectivity index (χ3v) is 4.84. The van der Waals surface area contributed by atoms with Crippen LogP contribution in [0.4, 0.5) is 5.69 Å². The second-order valence-corrected chi connectivity index (χ2v) is 7.05. The van der Waals surface area contributed by atoms with Gasteiger partial charge in [0.15, 0.2) is 0 Å². The summed E-state index contributed by atoms with van der Waals surface area (Å²) >= 11 is 5.99. The molecule has 2 aromatic carbocycles. The number of nitrogens with one attached hydrogen (secondary N) is 1. The van der Waals surface area contributed by atoms with E-state index in [4.69, 9.17) is 20.9 Å². The molecule has 0 radical (unpaired) electrons. The van der Waals surface area contributed by atoms with E-state index in [0.29, 0.717) is 18.0 Å². The highest BCUT2D eigenvalue weighted by Crippen LogP contribution is 2.22. The third-order valence-electron chi connectivity index (χ3n) is 4.51. The van der Waals surface area contributed by atoms with E-state index in [1.807, 2.05) is 26.0 Å². The Labute approximate surface area is 178 Å². The Balaban J connectivity index is 1.57. The number of amides is 1. The van der Waals surface area contributed by atoms with E-state index in [-0.39, 0.29) is 22.9 Å². The minimum Gasteiger partial charge on any atom is -0.489 e. The standard InChI is InChI=1S/C22H21ClN2O5/c1-13-19(14(2)30-25-13)12-29-17-7-4-15(5-8-17)10-21(26)24-16-6-9-20(23)18(11-16)22(27)28-3/h4-9,11H,10,12H2,1-3H3,(H,24,26). The number of halogens is 1. The van der Waals surface area contributed by atoms with Crippen LogP contribution in [0.25, 0.3) is 0 Å². The van der Waals surface area contributed by atoms with Gasteiger partial charge in [-0.05, 0) is 49.7 Å². The van der Waals surface area contributed by atoms with E-state index in [1.54, 1.807) is 18.2 Å². The van der Waals surface area contributed by atoms with Crippen LogP contribution in [-0.2, 0) is 22.6 Å². The molecule has 0 atom stereocenters. The Bertz CT molecular complexity index is 1040. The van der Waals surface area contributed by atoms with Crippen LogP contribution in [0, 0.1) is 13.8 Å². The van der Waals surface area contributed by atoms with Gasteiger partial charge >= 0.3 is 5.97 Å². The van der Waals surface area contributed by atoms with Gasteiger partial charge in [-0.25, -0.2) is 4.79 Å². The topological polar surface area (TPSA) is 90.7 Å². The van der Waals surface area contributed by atoms with Crippen molar-refractivity contribution < 1.29 is 23.6 Å². The van der Waals surface area contributed by atoms with Crippen LogP contribution in [0.3, 0.4) is 0 Å². The first-order chi connectivity index (χ1) is 14.4. The number of benzene rings is 2. The Morgan fingerprint density at radius 2 is 1.87 bits per heavy atom. The molecule has 7 nitrogen and oxygen atoms in total. The molecule has 0 aliphatic heterocycles. The van der Waals surface area contributed by atoms with Gasteiger partial charge in [-0.3, -0.25) is 4.79 Å². The maximum absolute atomic E-state index is 12.3. The van der Waals surface area contributed by atoms with Crippen LogP contribution in [0.1, 0.15) is 32.9 Å². The molecule has 1 heterocycles. The van der Waals surface area contributed by atoms with Gasteiger partial charge in [0.25, 0.3) is 0 Å². The zero-order chi connectivity index (χ0) is 21.7. The van der Waals surface area contributed by atoms with Gasteiger partial charge in [-0.2, -0.15) is 0 Å². The molecule has 0 spiro atoms. The van der Waals surface area contributed by atoms with E-state index in [9.17, 15) is 9.59 Å². The SMILES string of the molecule is COC(=O)c1cc(NC(=O)Cc2ccc(OCc3c(C)noc3C)cc2)ccc1Cl. The fourth-order valence-electron chi connectivity index (χ4n) is 2.83. The summed E-state index contributed by atoms with van der Waals surface area (Å²) in [5, 5.41) is 6.91. The Kier molecular flexibility index (Phi) is 6.74. The number of carbonyl (C=O) groups excluding carboxylic acids is 2. The molecule has 1 aromatic heterocycles. The summed E-state index contributed by atoms with van der Waals surface area (Å²) in [5.74, 6) is 0.624. The van der Waals surface area contributed by atoms with Gasteiger partial charge in [-0.1, -0.05) is 28.9 Å². The molecule has 3 aromatic rings. The number of methoxy groups -OCH3 is 1. The first kappa shape index (κ1) is 21.4. The average molecular weight is 429 g/mol. The molecule has 3 rings (SSSR count). The van der Waals surface area contributed by atoms with Crippen molar-refractivity contribution in [1.29, 1.82) is 0 Å². The Hall–Kier alpha value is -3.32. The van der Waals surface area contributed by atoms with Gasteiger partial charge in [0.05, 0.1) is 35.4 Å². The van der Waals surface area contributed by atoms with Crippen molar-refractivity contribution in [3.63, 3.8) is 0 Å². The minimum atomic E-state index is -0.566. The zero-order valence-electron chi connectivity index (χ0n) is 16.8.